The molecule has 0 saturated heterocycles. The second kappa shape index (κ2) is 17.9. The van der Waals surface area contributed by atoms with Crippen LogP contribution in [0.2, 0.25) is 0 Å². The Morgan fingerprint density at radius 2 is 0.640 bits per heavy atom. The third kappa shape index (κ3) is 8.78. The van der Waals surface area contributed by atoms with Crippen LogP contribution in [0.4, 0.5) is 0 Å². The second-order valence-electron chi connectivity index (χ2n) is 14.7. The lowest BCUT2D eigenvalue weighted by Gasteiger charge is -2.34. The van der Waals surface area contributed by atoms with Crippen LogP contribution in [0, 0.1) is 23.7 Å². The first kappa shape index (κ1) is 36.0. The summed E-state index contributed by atoms with van der Waals surface area (Å²) in [4.78, 5) is 0. The molecule has 4 aromatic carbocycles. The zero-order valence-corrected chi connectivity index (χ0v) is 31.0. The van der Waals surface area contributed by atoms with Crippen molar-refractivity contribution >= 4 is 37.5 Å². The van der Waals surface area contributed by atoms with Gasteiger partial charge >= 0.3 is 0 Å². The monoisotopic (exact) mass is 708 g/mol. The van der Waals surface area contributed by atoms with Gasteiger partial charge in [0.05, 0.1) is 40.7 Å². The SMILES string of the molecule is O[C@H]1CCC[C@@H]1[C@H]1CCC[C@@H]1O.c1ccc(P(OC2CCCC2C2CCCC2OP(c2ccccc2)c2ccccc2)c2ccccc2)cc1. The summed E-state index contributed by atoms with van der Waals surface area (Å²) < 4.78 is 14.3. The maximum Gasteiger partial charge on any atom is 0.0921 e. The smallest absolute Gasteiger partial charge is 0.0921 e. The van der Waals surface area contributed by atoms with E-state index in [1.54, 1.807) is 0 Å². The fourth-order valence-electron chi connectivity index (χ4n) is 9.15. The Labute approximate surface area is 302 Å². The van der Waals surface area contributed by atoms with Crippen molar-refractivity contribution in [1.29, 1.82) is 0 Å². The van der Waals surface area contributed by atoms with Crippen molar-refractivity contribution in [3.8, 4) is 0 Å². The highest BCUT2D eigenvalue weighted by Gasteiger charge is 2.43. The molecule has 4 aliphatic rings. The molecule has 6 heteroatoms. The van der Waals surface area contributed by atoms with Crippen molar-refractivity contribution in [3.63, 3.8) is 0 Å². The van der Waals surface area contributed by atoms with Gasteiger partial charge in [-0.05, 0) is 75.0 Å². The summed E-state index contributed by atoms with van der Waals surface area (Å²) in [6.07, 6.45) is 14.1. The van der Waals surface area contributed by atoms with Crippen LogP contribution in [0.3, 0.4) is 0 Å². The van der Waals surface area contributed by atoms with Crippen LogP contribution in [-0.2, 0) is 9.05 Å². The van der Waals surface area contributed by atoms with Crippen LogP contribution >= 0.6 is 16.3 Å². The number of aliphatic hydroxyl groups excluding tert-OH is 2. The van der Waals surface area contributed by atoms with Gasteiger partial charge in [-0.3, -0.25) is 0 Å². The summed E-state index contributed by atoms with van der Waals surface area (Å²) in [5.41, 5.74) is 0. The molecule has 4 aromatic rings. The van der Waals surface area contributed by atoms with Crippen LogP contribution in [0.5, 0.6) is 0 Å². The average Bonchev–Trinajstić information content (AvgIpc) is 4.00. The maximum atomic E-state index is 9.66. The average molecular weight is 709 g/mol. The van der Waals surface area contributed by atoms with E-state index in [-0.39, 0.29) is 24.4 Å². The summed E-state index contributed by atoms with van der Waals surface area (Å²) in [6, 6.07) is 43.4. The second-order valence-corrected chi connectivity index (χ2v) is 18.4. The molecule has 0 amide bonds. The Morgan fingerprint density at radius 1 is 0.360 bits per heavy atom. The van der Waals surface area contributed by atoms with E-state index < -0.39 is 16.3 Å². The number of hydrogen-bond donors (Lipinski definition) is 2. The van der Waals surface area contributed by atoms with Gasteiger partial charge in [0, 0.05) is 21.2 Å². The zero-order valence-electron chi connectivity index (χ0n) is 29.3. The van der Waals surface area contributed by atoms with Crippen molar-refractivity contribution in [2.24, 2.45) is 23.7 Å². The van der Waals surface area contributed by atoms with Crippen molar-refractivity contribution in [2.45, 2.75) is 101 Å². The molecule has 4 saturated carbocycles. The lowest BCUT2D eigenvalue weighted by atomic mass is 9.86. The first-order chi connectivity index (χ1) is 24.7. The quantitative estimate of drug-likeness (QED) is 0.162. The zero-order chi connectivity index (χ0) is 34.1. The molecule has 4 fully saturated rings. The van der Waals surface area contributed by atoms with E-state index in [0.717, 1.165) is 51.4 Å². The molecule has 0 aromatic heterocycles. The standard InChI is InChI=1S/C34H36O2P2.C10H18O2/c1-5-15-27(16-6-1)37(28-17-7-2-8-18-28)35-33-25-13-23-31(33)32-24-14-26-34(32)36-38(29-19-9-3-10-20-29)30-21-11-4-12-22-30;11-9-5-1-3-7(9)8-4-2-6-10(8)12/h1-12,15-22,31-34H,13-14,23-26H2;7-12H,1-6H2/t;7-,8-,9+,10+/m.1/s1. The molecule has 264 valence electrons. The molecule has 50 heavy (non-hydrogen) atoms. The molecule has 2 N–H and O–H groups in total. The van der Waals surface area contributed by atoms with E-state index in [2.05, 4.69) is 121 Å². The summed E-state index contributed by atoms with van der Waals surface area (Å²) in [5.74, 6) is 1.93. The van der Waals surface area contributed by atoms with Gasteiger partial charge in [-0.2, -0.15) is 0 Å². The van der Waals surface area contributed by atoms with Crippen molar-refractivity contribution in [3.05, 3.63) is 121 Å². The molecule has 4 nitrogen and oxygen atoms in total. The van der Waals surface area contributed by atoms with E-state index in [1.165, 1.54) is 46.9 Å². The predicted octanol–water partition coefficient (Wildman–Crippen LogP) is 8.76. The minimum absolute atomic E-state index is 0.122. The highest BCUT2D eigenvalue weighted by atomic mass is 31.1. The first-order valence-corrected chi connectivity index (χ1v) is 21.7. The Morgan fingerprint density at radius 3 is 0.920 bits per heavy atom. The van der Waals surface area contributed by atoms with Crippen molar-refractivity contribution < 1.29 is 19.3 Å². The summed E-state index contributed by atoms with van der Waals surface area (Å²) in [6.45, 7) is 0. The number of hydrogen-bond acceptors (Lipinski definition) is 4. The van der Waals surface area contributed by atoms with Gasteiger partial charge in [-0.1, -0.05) is 147 Å². The highest BCUT2D eigenvalue weighted by molar-refractivity contribution is 7.68. The Kier molecular flexibility index (Phi) is 12.9. The maximum absolute atomic E-state index is 9.66. The summed E-state index contributed by atoms with van der Waals surface area (Å²) in [7, 11) is -1.69. The van der Waals surface area contributed by atoms with Gasteiger partial charge in [-0.15, -0.1) is 0 Å². The molecule has 0 bridgehead atoms. The van der Waals surface area contributed by atoms with E-state index >= 15 is 0 Å². The van der Waals surface area contributed by atoms with Gasteiger partial charge in [-0.25, -0.2) is 0 Å². The third-order valence-corrected chi connectivity index (χ3v) is 15.6. The van der Waals surface area contributed by atoms with Crippen LogP contribution in [-0.4, -0.2) is 34.6 Å². The molecule has 8 atom stereocenters. The van der Waals surface area contributed by atoms with Gasteiger partial charge in [0.25, 0.3) is 0 Å². The van der Waals surface area contributed by atoms with Crippen LogP contribution in [0.25, 0.3) is 0 Å². The highest BCUT2D eigenvalue weighted by Crippen LogP contribution is 2.51. The molecule has 8 rings (SSSR count). The van der Waals surface area contributed by atoms with E-state index in [4.69, 9.17) is 9.05 Å². The Balaban J connectivity index is 0.000000275. The normalized spacial score (nSPS) is 29.4. The van der Waals surface area contributed by atoms with Crippen LogP contribution < -0.4 is 21.2 Å². The molecule has 4 unspecified atom stereocenters. The van der Waals surface area contributed by atoms with Crippen LogP contribution in [0.15, 0.2) is 121 Å². The number of rotatable bonds is 10. The molecular formula is C44H54O4P2. The Hall–Kier alpha value is -2.42. The first-order valence-electron chi connectivity index (χ1n) is 19.2. The van der Waals surface area contributed by atoms with Gasteiger partial charge in [0.2, 0.25) is 0 Å². The fourth-order valence-corrected chi connectivity index (χ4v) is 13.1. The van der Waals surface area contributed by atoms with Gasteiger partial charge in [0.1, 0.15) is 0 Å². The largest absolute Gasteiger partial charge is 0.393 e. The Bertz CT molecular complexity index is 1360. The lowest BCUT2D eigenvalue weighted by Crippen LogP contribution is -2.33. The van der Waals surface area contributed by atoms with Gasteiger partial charge in [0.15, 0.2) is 0 Å². The summed E-state index contributed by atoms with van der Waals surface area (Å²) in [5, 5.41) is 24.5. The molecule has 0 heterocycles. The minimum atomic E-state index is -0.843. The fraction of sp³-hybridized carbons (Fsp3) is 0.455. The van der Waals surface area contributed by atoms with Crippen molar-refractivity contribution in [1.82, 2.24) is 0 Å². The molecule has 0 aliphatic heterocycles. The minimum Gasteiger partial charge on any atom is -0.393 e. The number of aliphatic hydroxyl groups is 2. The third-order valence-electron chi connectivity index (χ3n) is 11.6. The number of benzene rings is 4. The topological polar surface area (TPSA) is 58.9 Å². The summed E-state index contributed by atoms with van der Waals surface area (Å²) >= 11 is 0. The van der Waals surface area contributed by atoms with Crippen molar-refractivity contribution in [2.75, 3.05) is 0 Å². The molecule has 0 radical (unpaired) electrons. The van der Waals surface area contributed by atoms with E-state index in [1.807, 2.05) is 0 Å². The lowest BCUT2D eigenvalue weighted by molar-refractivity contribution is 0.0398. The molecule has 4 aliphatic carbocycles. The predicted molar refractivity (Wildman–Crippen MR) is 209 cm³/mol. The van der Waals surface area contributed by atoms with Gasteiger partial charge < -0.3 is 19.3 Å². The van der Waals surface area contributed by atoms with E-state index in [9.17, 15) is 10.2 Å². The van der Waals surface area contributed by atoms with E-state index in [0.29, 0.717) is 23.7 Å². The molecular weight excluding hydrogens is 654 g/mol. The molecule has 0 spiro atoms. The van der Waals surface area contributed by atoms with Crippen LogP contribution in [0.1, 0.15) is 77.0 Å².